The van der Waals surface area contributed by atoms with Crippen LogP contribution in [0.2, 0.25) is 0 Å². The van der Waals surface area contributed by atoms with Gasteiger partial charge in [0.2, 0.25) is 21.8 Å². The van der Waals surface area contributed by atoms with E-state index >= 15 is 0 Å². The quantitative estimate of drug-likeness (QED) is 0.663. The van der Waals surface area contributed by atoms with Crippen molar-refractivity contribution in [3.05, 3.63) is 42.2 Å². The molecule has 1 saturated heterocycles. The van der Waals surface area contributed by atoms with Gasteiger partial charge in [-0.15, -0.1) is 0 Å². The Morgan fingerprint density at radius 1 is 1.14 bits per heavy atom. The molecule has 9 nitrogen and oxygen atoms in total. The number of rotatable bonds is 6. The molecule has 0 N–H and O–H groups in total. The maximum Gasteiger partial charge on any atom is 0.337 e. The van der Waals surface area contributed by atoms with E-state index < -0.39 is 16.0 Å². The van der Waals surface area contributed by atoms with Crippen LogP contribution in [0.3, 0.4) is 0 Å². The van der Waals surface area contributed by atoms with Crippen molar-refractivity contribution < 1.29 is 27.4 Å². The van der Waals surface area contributed by atoms with Gasteiger partial charge in [0.05, 0.1) is 43.6 Å². The Kier molecular flexibility index (Phi) is 6.10. The topological polar surface area (TPSA) is 108 Å². The third-order valence-corrected chi connectivity index (χ3v) is 6.22. The van der Waals surface area contributed by atoms with E-state index in [2.05, 4.69) is 14.7 Å². The lowest BCUT2D eigenvalue weighted by Gasteiger charge is -2.31. The second-order valence-electron chi connectivity index (χ2n) is 6.16. The monoisotopic (exact) mass is 407 g/mol. The fourth-order valence-electron chi connectivity index (χ4n) is 2.91. The second kappa shape index (κ2) is 8.53. The van der Waals surface area contributed by atoms with E-state index in [0.29, 0.717) is 25.3 Å². The average molecular weight is 407 g/mol. The van der Waals surface area contributed by atoms with Gasteiger partial charge in [-0.25, -0.2) is 13.2 Å². The van der Waals surface area contributed by atoms with Crippen LogP contribution in [0.1, 0.15) is 23.2 Å². The predicted octanol–water partition coefficient (Wildman–Crippen LogP) is 1.50. The lowest BCUT2D eigenvalue weighted by atomic mass is 10.1. The van der Waals surface area contributed by atoms with Crippen LogP contribution in [-0.2, 0) is 14.8 Å². The molecule has 10 heteroatoms. The Hall–Kier alpha value is -2.72. The molecule has 0 radical (unpaired) electrons. The third-order valence-electron chi connectivity index (χ3n) is 4.34. The number of sulfonamides is 1. The van der Waals surface area contributed by atoms with Gasteiger partial charge in [-0.1, -0.05) is 0 Å². The first kappa shape index (κ1) is 20.0. The molecule has 150 valence electrons. The fourth-order valence-corrected chi connectivity index (χ4v) is 4.42. The number of methoxy groups -OCH3 is 2. The normalized spacial score (nSPS) is 17.7. The molecule has 0 bridgehead atoms. The lowest BCUT2D eigenvalue weighted by molar-refractivity contribution is 0.0600. The van der Waals surface area contributed by atoms with Crippen molar-refractivity contribution >= 4 is 16.0 Å². The summed E-state index contributed by atoms with van der Waals surface area (Å²) < 4.78 is 42.7. The van der Waals surface area contributed by atoms with Gasteiger partial charge in [0.25, 0.3) is 0 Å². The van der Waals surface area contributed by atoms with Crippen LogP contribution in [0.15, 0.2) is 41.6 Å². The Morgan fingerprint density at radius 3 is 2.54 bits per heavy atom. The minimum atomic E-state index is -3.71. The SMILES string of the molecule is COC(=O)c1ccc(S(=O)(=O)N2CCCC(Oc3cncc(OC)n3)C2)cc1. The van der Waals surface area contributed by atoms with Crippen molar-refractivity contribution in [2.75, 3.05) is 27.3 Å². The highest BCUT2D eigenvalue weighted by molar-refractivity contribution is 7.89. The fraction of sp³-hybridized carbons (Fsp3) is 0.389. The lowest BCUT2D eigenvalue weighted by Crippen LogP contribution is -2.44. The number of carbonyl (C=O) groups excluding carboxylic acids is 1. The first-order valence-electron chi connectivity index (χ1n) is 8.65. The van der Waals surface area contributed by atoms with Gasteiger partial charge in [0.1, 0.15) is 6.10 Å². The minimum absolute atomic E-state index is 0.113. The maximum atomic E-state index is 12.9. The third kappa shape index (κ3) is 4.39. The molecule has 0 amide bonds. The van der Waals surface area contributed by atoms with Crippen molar-refractivity contribution in [1.29, 1.82) is 0 Å². The van der Waals surface area contributed by atoms with E-state index in [4.69, 9.17) is 9.47 Å². The van der Waals surface area contributed by atoms with Crippen molar-refractivity contribution in [2.24, 2.45) is 0 Å². The van der Waals surface area contributed by atoms with Crippen LogP contribution in [-0.4, -0.2) is 62.1 Å². The summed E-state index contributed by atoms with van der Waals surface area (Å²) in [4.78, 5) is 19.8. The number of aromatic nitrogens is 2. The van der Waals surface area contributed by atoms with Crippen molar-refractivity contribution in [2.45, 2.75) is 23.8 Å². The van der Waals surface area contributed by atoms with Crippen molar-refractivity contribution in [3.8, 4) is 11.8 Å². The van der Waals surface area contributed by atoms with E-state index in [9.17, 15) is 13.2 Å². The van der Waals surface area contributed by atoms with Crippen LogP contribution in [0.5, 0.6) is 11.8 Å². The molecule has 1 aliphatic rings. The largest absolute Gasteiger partial charge is 0.480 e. The van der Waals surface area contributed by atoms with Crippen LogP contribution >= 0.6 is 0 Å². The zero-order valence-electron chi connectivity index (χ0n) is 15.6. The van der Waals surface area contributed by atoms with Crippen molar-refractivity contribution in [3.63, 3.8) is 0 Å². The molecular weight excluding hydrogens is 386 g/mol. The van der Waals surface area contributed by atoms with Gasteiger partial charge in [-0.05, 0) is 37.1 Å². The molecule has 1 atom stereocenters. The minimum Gasteiger partial charge on any atom is -0.480 e. The highest BCUT2D eigenvalue weighted by Gasteiger charge is 2.31. The predicted molar refractivity (Wildman–Crippen MR) is 98.8 cm³/mol. The summed E-state index contributed by atoms with van der Waals surface area (Å²) in [5.74, 6) is 0.0873. The van der Waals surface area contributed by atoms with Gasteiger partial charge in [0.15, 0.2) is 0 Å². The molecule has 1 unspecified atom stereocenters. The van der Waals surface area contributed by atoms with Crippen LogP contribution in [0.4, 0.5) is 0 Å². The summed E-state index contributed by atoms with van der Waals surface area (Å²) in [7, 11) is -0.957. The molecule has 2 aromatic rings. The van der Waals surface area contributed by atoms with Gasteiger partial charge in [-0.2, -0.15) is 9.29 Å². The summed E-state index contributed by atoms with van der Waals surface area (Å²) in [6.07, 6.45) is 3.93. The molecule has 1 fully saturated rings. The summed E-state index contributed by atoms with van der Waals surface area (Å²) >= 11 is 0. The molecular formula is C18H21N3O6S. The molecule has 2 heterocycles. The number of piperidine rings is 1. The summed E-state index contributed by atoms with van der Waals surface area (Å²) in [5, 5.41) is 0. The highest BCUT2D eigenvalue weighted by atomic mass is 32.2. The zero-order valence-corrected chi connectivity index (χ0v) is 16.4. The number of hydrogen-bond donors (Lipinski definition) is 0. The van der Waals surface area contributed by atoms with Gasteiger partial charge < -0.3 is 14.2 Å². The Labute approximate surface area is 163 Å². The second-order valence-corrected chi connectivity index (χ2v) is 8.10. The number of esters is 1. The number of nitrogens with zero attached hydrogens (tertiary/aromatic N) is 3. The van der Waals surface area contributed by atoms with Gasteiger partial charge in [-0.3, -0.25) is 4.98 Å². The standard InChI is InChI=1S/C18H21N3O6S/c1-25-16-10-19-11-17(20-16)27-14-4-3-9-21(12-14)28(23,24)15-7-5-13(6-8-15)18(22)26-2/h5-8,10-11,14H,3-4,9,12H2,1-2H3. The van der Waals surface area contributed by atoms with E-state index in [0.717, 1.165) is 0 Å². The molecule has 0 aliphatic carbocycles. The molecule has 3 rings (SSSR count). The number of carbonyl (C=O) groups is 1. The Balaban J connectivity index is 1.72. The molecule has 1 aliphatic heterocycles. The smallest absolute Gasteiger partial charge is 0.337 e. The first-order valence-corrected chi connectivity index (χ1v) is 10.1. The van der Waals surface area contributed by atoms with E-state index in [1.54, 1.807) is 0 Å². The highest BCUT2D eigenvalue weighted by Crippen LogP contribution is 2.24. The van der Waals surface area contributed by atoms with Crippen LogP contribution in [0.25, 0.3) is 0 Å². The number of ether oxygens (including phenoxy) is 3. The van der Waals surface area contributed by atoms with Crippen LogP contribution in [0, 0.1) is 0 Å². The Morgan fingerprint density at radius 2 is 1.86 bits per heavy atom. The Bertz CT molecular complexity index is 933. The zero-order chi connectivity index (χ0) is 20.1. The number of benzene rings is 1. The maximum absolute atomic E-state index is 12.9. The molecule has 0 saturated carbocycles. The van der Waals surface area contributed by atoms with E-state index in [1.165, 1.54) is 55.2 Å². The molecule has 0 spiro atoms. The van der Waals surface area contributed by atoms with E-state index in [-0.39, 0.29) is 29.0 Å². The van der Waals surface area contributed by atoms with Gasteiger partial charge in [0, 0.05) is 6.54 Å². The summed E-state index contributed by atoms with van der Waals surface area (Å²) in [6.45, 7) is 0.588. The summed E-state index contributed by atoms with van der Waals surface area (Å²) in [6, 6.07) is 5.67. The van der Waals surface area contributed by atoms with Gasteiger partial charge >= 0.3 is 5.97 Å². The van der Waals surface area contributed by atoms with E-state index in [1.807, 2.05) is 0 Å². The van der Waals surface area contributed by atoms with Crippen molar-refractivity contribution in [1.82, 2.24) is 14.3 Å². The van der Waals surface area contributed by atoms with Crippen LogP contribution < -0.4 is 9.47 Å². The molecule has 28 heavy (non-hydrogen) atoms. The molecule has 1 aromatic heterocycles. The number of hydrogen-bond acceptors (Lipinski definition) is 8. The first-order chi connectivity index (χ1) is 13.4. The summed E-state index contributed by atoms with van der Waals surface area (Å²) in [5.41, 5.74) is 0.290. The average Bonchev–Trinajstić information content (AvgIpc) is 2.73. The molecule has 1 aromatic carbocycles.